The molecule has 1 saturated heterocycles. The average Bonchev–Trinajstić information content (AvgIpc) is 2.49. The topological polar surface area (TPSA) is 15.3 Å². The van der Waals surface area contributed by atoms with Crippen LogP contribution in [0.15, 0.2) is 18.2 Å². The first kappa shape index (κ1) is 16.6. The number of nitrogens with zero attached hydrogens (tertiary/aromatic N) is 1. The maximum Gasteiger partial charge on any atom is 0.0643 e. The molecule has 1 aliphatic heterocycles. The van der Waals surface area contributed by atoms with Gasteiger partial charge < -0.3 is 10.2 Å². The summed E-state index contributed by atoms with van der Waals surface area (Å²) < 4.78 is 0. The first-order valence-corrected chi connectivity index (χ1v) is 8.90. The Hall–Kier alpha value is -0.730. The predicted octanol–water partition coefficient (Wildman–Crippen LogP) is 5.00. The molecule has 1 heterocycles. The van der Waals surface area contributed by atoms with E-state index in [4.69, 9.17) is 11.6 Å². The summed E-state index contributed by atoms with van der Waals surface area (Å²) in [6, 6.07) is 7.00. The molecule has 2 rings (SSSR count). The lowest BCUT2D eigenvalue weighted by Gasteiger charge is -2.39. The molecule has 0 spiro atoms. The van der Waals surface area contributed by atoms with E-state index in [9.17, 15) is 0 Å². The highest BCUT2D eigenvalue weighted by atomic mass is 35.5. The van der Waals surface area contributed by atoms with Crippen LogP contribution >= 0.6 is 11.6 Å². The second kappa shape index (κ2) is 8.65. The zero-order chi connectivity index (χ0) is 15.1. The van der Waals surface area contributed by atoms with Gasteiger partial charge in [0.1, 0.15) is 0 Å². The van der Waals surface area contributed by atoms with Crippen molar-refractivity contribution >= 4 is 17.3 Å². The van der Waals surface area contributed by atoms with E-state index in [0.717, 1.165) is 31.1 Å². The molecule has 2 nitrogen and oxygen atoms in total. The second-order valence-corrected chi connectivity index (χ2v) is 6.46. The van der Waals surface area contributed by atoms with Crippen LogP contribution in [0.5, 0.6) is 0 Å². The molecule has 0 radical (unpaired) electrons. The molecule has 118 valence electrons. The van der Waals surface area contributed by atoms with E-state index in [1.807, 2.05) is 6.07 Å². The number of hydrogen-bond donors (Lipinski definition) is 1. The zero-order valence-electron chi connectivity index (χ0n) is 13.5. The van der Waals surface area contributed by atoms with Gasteiger partial charge >= 0.3 is 0 Å². The summed E-state index contributed by atoms with van der Waals surface area (Å²) in [7, 11) is 0. The van der Waals surface area contributed by atoms with Crippen LogP contribution in [0, 0.1) is 0 Å². The highest BCUT2D eigenvalue weighted by Gasteiger charge is 2.25. The predicted molar refractivity (Wildman–Crippen MR) is 93.3 cm³/mol. The molecule has 0 amide bonds. The molecule has 1 aromatic carbocycles. The SMILES string of the molecule is CCCNCc1cccc(Cl)c1N1CCCCC1CCC. The van der Waals surface area contributed by atoms with Crippen LogP contribution in [0.4, 0.5) is 5.69 Å². The Morgan fingerprint density at radius 2 is 2.10 bits per heavy atom. The number of piperidine rings is 1. The Kier molecular flexibility index (Phi) is 6.85. The van der Waals surface area contributed by atoms with Crippen LogP contribution < -0.4 is 10.2 Å². The standard InChI is InChI=1S/C18H29ClN2/c1-3-8-16-10-5-6-13-21(16)18-15(14-20-12-4-2)9-7-11-17(18)19/h7,9,11,16,20H,3-6,8,10,12-14H2,1-2H3. The molecule has 0 saturated carbocycles. The van der Waals surface area contributed by atoms with Crippen molar-refractivity contribution in [1.82, 2.24) is 5.32 Å². The summed E-state index contributed by atoms with van der Waals surface area (Å²) in [5.41, 5.74) is 2.62. The Balaban J connectivity index is 2.22. The van der Waals surface area contributed by atoms with Gasteiger partial charge in [0.2, 0.25) is 0 Å². The lowest BCUT2D eigenvalue weighted by atomic mass is 9.96. The van der Waals surface area contributed by atoms with Crippen molar-refractivity contribution in [3.05, 3.63) is 28.8 Å². The van der Waals surface area contributed by atoms with E-state index < -0.39 is 0 Å². The maximum atomic E-state index is 6.57. The monoisotopic (exact) mass is 308 g/mol. The summed E-state index contributed by atoms with van der Waals surface area (Å²) >= 11 is 6.57. The van der Waals surface area contributed by atoms with Crippen molar-refractivity contribution in [2.24, 2.45) is 0 Å². The Morgan fingerprint density at radius 1 is 1.24 bits per heavy atom. The van der Waals surface area contributed by atoms with Crippen LogP contribution in [-0.2, 0) is 6.54 Å². The minimum Gasteiger partial charge on any atom is -0.367 e. The zero-order valence-corrected chi connectivity index (χ0v) is 14.3. The van der Waals surface area contributed by atoms with Gasteiger partial charge in [-0.1, -0.05) is 44.0 Å². The van der Waals surface area contributed by atoms with Gasteiger partial charge in [-0.05, 0) is 50.3 Å². The van der Waals surface area contributed by atoms with Gasteiger partial charge in [0.05, 0.1) is 10.7 Å². The molecule has 1 unspecified atom stereocenters. The maximum absolute atomic E-state index is 6.57. The van der Waals surface area contributed by atoms with Gasteiger partial charge in [-0.15, -0.1) is 0 Å². The van der Waals surface area contributed by atoms with E-state index in [1.165, 1.54) is 43.4 Å². The molecule has 0 bridgehead atoms. The van der Waals surface area contributed by atoms with E-state index in [1.54, 1.807) is 0 Å². The number of nitrogens with one attached hydrogen (secondary N) is 1. The third-order valence-corrected chi connectivity index (χ3v) is 4.65. The third-order valence-electron chi connectivity index (χ3n) is 4.35. The van der Waals surface area contributed by atoms with Crippen molar-refractivity contribution < 1.29 is 0 Å². The van der Waals surface area contributed by atoms with E-state index in [-0.39, 0.29) is 0 Å². The van der Waals surface area contributed by atoms with E-state index in [0.29, 0.717) is 6.04 Å². The lowest BCUT2D eigenvalue weighted by Crippen LogP contribution is -2.40. The van der Waals surface area contributed by atoms with Crippen LogP contribution in [0.3, 0.4) is 0 Å². The molecule has 1 aromatic rings. The molecular formula is C18H29ClN2. The number of rotatable bonds is 7. The van der Waals surface area contributed by atoms with Crippen molar-refractivity contribution in [1.29, 1.82) is 0 Å². The Morgan fingerprint density at radius 3 is 2.86 bits per heavy atom. The average molecular weight is 309 g/mol. The van der Waals surface area contributed by atoms with Crippen LogP contribution in [-0.4, -0.2) is 19.1 Å². The molecule has 1 N–H and O–H groups in total. The number of halogens is 1. The highest BCUT2D eigenvalue weighted by molar-refractivity contribution is 6.33. The molecular weight excluding hydrogens is 280 g/mol. The number of anilines is 1. The molecule has 1 aliphatic rings. The van der Waals surface area contributed by atoms with Gasteiger partial charge in [-0.25, -0.2) is 0 Å². The Labute approximate surface area is 134 Å². The fraction of sp³-hybridized carbons (Fsp3) is 0.667. The fourth-order valence-corrected chi connectivity index (χ4v) is 3.66. The summed E-state index contributed by atoms with van der Waals surface area (Å²) in [6.07, 6.45) is 7.63. The summed E-state index contributed by atoms with van der Waals surface area (Å²) in [5, 5.41) is 4.43. The number of hydrogen-bond acceptors (Lipinski definition) is 2. The summed E-state index contributed by atoms with van der Waals surface area (Å²) in [6.45, 7) is 7.61. The van der Waals surface area contributed by atoms with Gasteiger partial charge in [0.25, 0.3) is 0 Å². The first-order valence-electron chi connectivity index (χ1n) is 8.52. The number of benzene rings is 1. The first-order chi connectivity index (χ1) is 10.3. The van der Waals surface area contributed by atoms with Crippen LogP contribution in [0.1, 0.15) is 57.9 Å². The van der Waals surface area contributed by atoms with Crippen molar-refractivity contribution in [2.45, 2.75) is 65.0 Å². The molecule has 3 heteroatoms. The van der Waals surface area contributed by atoms with Crippen LogP contribution in [0.25, 0.3) is 0 Å². The highest BCUT2D eigenvalue weighted by Crippen LogP contribution is 2.35. The van der Waals surface area contributed by atoms with Gasteiger partial charge in [0, 0.05) is 19.1 Å². The smallest absolute Gasteiger partial charge is 0.0643 e. The van der Waals surface area contributed by atoms with E-state index >= 15 is 0 Å². The van der Waals surface area contributed by atoms with Gasteiger partial charge in [-0.2, -0.15) is 0 Å². The normalized spacial score (nSPS) is 19.0. The minimum absolute atomic E-state index is 0.661. The Bertz CT molecular complexity index is 431. The molecule has 0 aromatic heterocycles. The molecule has 21 heavy (non-hydrogen) atoms. The minimum atomic E-state index is 0.661. The quantitative estimate of drug-likeness (QED) is 0.713. The number of para-hydroxylation sites is 1. The fourth-order valence-electron chi connectivity index (χ4n) is 3.35. The third kappa shape index (κ3) is 4.37. The largest absolute Gasteiger partial charge is 0.367 e. The molecule has 1 fully saturated rings. The van der Waals surface area contributed by atoms with Gasteiger partial charge in [-0.3, -0.25) is 0 Å². The molecule has 0 aliphatic carbocycles. The molecule has 1 atom stereocenters. The lowest BCUT2D eigenvalue weighted by molar-refractivity contribution is 0.433. The van der Waals surface area contributed by atoms with Crippen LogP contribution in [0.2, 0.25) is 5.02 Å². The van der Waals surface area contributed by atoms with Crippen molar-refractivity contribution in [2.75, 3.05) is 18.0 Å². The summed E-state index contributed by atoms with van der Waals surface area (Å²) in [5.74, 6) is 0. The van der Waals surface area contributed by atoms with Crippen molar-refractivity contribution in [3.63, 3.8) is 0 Å². The summed E-state index contributed by atoms with van der Waals surface area (Å²) in [4.78, 5) is 2.58. The van der Waals surface area contributed by atoms with Crippen molar-refractivity contribution in [3.8, 4) is 0 Å². The van der Waals surface area contributed by atoms with E-state index in [2.05, 4.69) is 36.2 Å². The second-order valence-electron chi connectivity index (χ2n) is 6.06. The van der Waals surface area contributed by atoms with Gasteiger partial charge in [0.15, 0.2) is 0 Å².